The second kappa shape index (κ2) is 9.28. The van der Waals surface area contributed by atoms with E-state index < -0.39 is 10.0 Å². The Bertz CT molecular complexity index is 1050. The molecule has 2 heterocycles. The minimum absolute atomic E-state index is 0.0115. The van der Waals surface area contributed by atoms with E-state index >= 15 is 0 Å². The molecule has 1 fully saturated rings. The summed E-state index contributed by atoms with van der Waals surface area (Å²) in [6.45, 7) is 2.72. The molecule has 2 aromatic carbocycles. The maximum Gasteiger partial charge on any atom is 0.240 e. The molecular weight excluding hydrogens is 414 g/mol. The van der Waals surface area contributed by atoms with E-state index in [1.807, 2.05) is 6.07 Å². The van der Waals surface area contributed by atoms with Crippen LogP contribution in [-0.4, -0.2) is 47.6 Å². The van der Waals surface area contributed by atoms with Gasteiger partial charge in [-0.15, -0.1) is 0 Å². The van der Waals surface area contributed by atoms with Gasteiger partial charge in [0.25, 0.3) is 0 Å². The summed E-state index contributed by atoms with van der Waals surface area (Å²) in [4.78, 5) is 16.2. The van der Waals surface area contributed by atoms with Crippen molar-refractivity contribution in [3.8, 4) is 5.75 Å². The third-order valence-corrected chi connectivity index (χ3v) is 7.39. The lowest BCUT2D eigenvalue weighted by atomic mass is 10.0. The van der Waals surface area contributed by atoms with Crippen LogP contribution in [0.2, 0.25) is 0 Å². The van der Waals surface area contributed by atoms with Crippen LogP contribution in [-0.2, 0) is 21.2 Å². The molecule has 0 spiro atoms. The standard InChI is InChI=1S/C23H29N3O4S/c1-30-22-12-11-19(17-21(22)26-16-5-10-23(26)27)31(28,29)24-13-6-15-25-14-4-8-18-7-2-3-9-20(18)25/h2-3,7,9,11-12,17,24H,4-6,8,10,13-16H2,1H3. The quantitative estimate of drug-likeness (QED) is 0.635. The predicted molar refractivity (Wildman–Crippen MR) is 121 cm³/mol. The molecule has 1 saturated heterocycles. The Balaban J connectivity index is 1.40. The molecule has 2 aromatic rings. The molecule has 0 aromatic heterocycles. The van der Waals surface area contributed by atoms with Gasteiger partial charge in [-0.3, -0.25) is 4.79 Å². The van der Waals surface area contributed by atoms with Crippen LogP contribution in [0.1, 0.15) is 31.2 Å². The number of rotatable bonds is 8. The van der Waals surface area contributed by atoms with Gasteiger partial charge < -0.3 is 14.5 Å². The Morgan fingerprint density at radius 1 is 1.03 bits per heavy atom. The average Bonchev–Trinajstić information content (AvgIpc) is 3.22. The van der Waals surface area contributed by atoms with Crippen LogP contribution >= 0.6 is 0 Å². The number of benzene rings is 2. The molecule has 166 valence electrons. The van der Waals surface area contributed by atoms with Gasteiger partial charge in [-0.2, -0.15) is 0 Å². The van der Waals surface area contributed by atoms with E-state index in [2.05, 4.69) is 27.8 Å². The van der Waals surface area contributed by atoms with E-state index in [-0.39, 0.29) is 10.8 Å². The highest BCUT2D eigenvalue weighted by Crippen LogP contribution is 2.33. The van der Waals surface area contributed by atoms with E-state index in [1.165, 1.54) is 30.5 Å². The highest BCUT2D eigenvalue weighted by atomic mass is 32.2. The molecule has 2 aliphatic heterocycles. The maximum atomic E-state index is 12.9. The van der Waals surface area contributed by atoms with E-state index in [1.54, 1.807) is 11.0 Å². The molecule has 1 amide bonds. The molecular formula is C23H29N3O4S. The number of nitrogens with zero attached hydrogens (tertiary/aromatic N) is 2. The zero-order valence-electron chi connectivity index (χ0n) is 17.8. The van der Waals surface area contributed by atoms with Crippen LogP contribution in [0.5, 0.6) is 5.75 Å². The van der Waals surface area contributed by atoms with Crippen molar-refractivity contribution in [3.63, 3.8) is 0 Å². The number of methoxy groups -OCH3 is 1. The van der Waals surface area contributed by atoms with Gasteiger partial charge in [0.15, 0.2) is 0 Å². The van der Waals surface area contributed by atoms with Gasteiger partial charge in [0, 0.05) is 38.3 Å². The summed E-state index contributed by atoms with van der Waals surface area (Å²) in [5.74, 6) is 0.487. The SMILES string of the molecule is COc1ccc(S(=O)(=O)NCCCN2CCCc3ccccc32)cc1N1CCCC1=O. The number of aryl methyl sites for hydroxylation is 1. The number of fused-ring (bicyclic) bond motifs is 1. The Hall–Kier alpha value is -2.58. The average molecular weight is 444 g/mol. The van der Waals surface area contributed by atoms with E-state index in [4.69, 9.17) is 4.74 Å². The normalized spacial score (nSPS) is 16.5. The molecule has 0 radical (unpaired) electrons. The van der Waals surface area contributed by atoms with E-state index in [9.17, 15) is 13.2 Å². The fourth-order valence-electron chi connectivity index (χ4n) is 4.35. The molecule has 1 N–H and O–H groups in total. The molecule has 7 nitrogen and oxygen atoms in total. The molecule has 8 heteroatoms. The highest BCUT2D eigenvalue weighted by Gasteiger charge is 2.26. The van der Waals surface area contributed by atoms with Gasteiger partial charge in [0.1, 0.15) is 5.75 Å². The van der Waals surface area contributed by atoms with Gasteiger partial charge in [0.05, 0.1) is 17.7 Å². The van der Waals surface area contributed by atoms with Gasteiger partial charge in [-0.1, -0.05) is 18.2 Å². The first-order valence-electron chi connectivity index (χ1n) is 10.8. The van der Waals surface area contributed by atoms with Gasteiger partial charge in [-0.05, 0) is 55.5 Å². The lowest BCUT2D eigenvalue weighted by molar-refractivity contribution is -0.117. The van der Waals surface area contributed by atoms with Crippen molar-refractivity contribution in [1.82, 2.24) is 4.72 Å². The summed E-state index contributed by atoms with van der Waals surface area (Å²) in [7, 11) is -2.16. The van der Waals surface area contributed by atoms with Crippen LogP contribution in [0.15, 0.2) is 47.4 Å². The lowest BCUT2D eigenvalue weighted by Gasteiger charge is -2.31. The molecule has 0 bridgehead atoms. The number of ether oxygens (including phenoxy) is 1. The number of hydrogen-bond acceptors (Lipinski definition) is 5. The first-order valence-corrected chi connectivity index (χ1v) is 12.3. The zero-order valence-corrected chi connectivity index (χ0v) is 18.7. The summed E-state index contributed by atoms with van der Waals surface area (Å²) in [5, 5.41) is 0. The molecule has 4 rings (SSSR count). The number of carbonyl (C=O) groups is 1. The number of amides is 1. The maximum absolute atomic E-state index is 12.9. The van der Waals surface area contributed by atoms with Crippen LogP contribution < -0.4 is 19.3 Å². The monoisotopic (exact) mass is 443 g/mol. The van der Waals surface area contributed by atoms with E-state index in [0.717, 1.165) is 32.4 Å². The Labute approximate surface area is 184 Å². The highest BCUT2D eigenvalue weighted by molar-refractivity contribution is 7.89. The number of para-hydroxylation sites is 1. The lowest BCUT2D eigenvalue weighted by Crippen LogP contribution is -2.33. The number of carbonyl (C=O) groups excluding carboxylic acids is 1. The van der Waals surface area contributed by atoms with Crippen molar-refractivity contribution in [3.05, 3.63) is 48.0 Å². The van der Waals surface area contributed by atoms with Crippen LogP contribution in [0.25, 0.3) is 0 Å². The van der Waals surface area contributed by atoms with Gasteiger partial charge >= 0.3 is 0 Å². The van der Waals surface area contributed by atoms with Crippen molar-refractivity contribution >= 4 is 27.3 Å². The molecule has 0 unspecified atom stereocenters. The van der Waals surface area contributed by atoms with Crippen molar-refractivity contribution in [2.45, 2.75) is 37.0 Å². The van der Waals surface area contributed by atoms with Crippen molar-refractivity contribution in [2.75, 3.05) is 43.1 Å². The number of nitrogens with one attached hydrogen (secondary N) is 1. The second-order valence-corrected chi connectivity index (χ2v) is 9.72. The van der Waals surface area contributed by atoms with Gasteiger partial charge in [-0.25, -0.2) is 13.1 Å². The summed E-state index contributed by atoms with van der Waals surface area (Å²) >= 11 is 0. The summed E-state index contributed by atoms with van der Waals surface area (Å²) in [6.07, 6.45) is 4.15. The Morgan fingerprint density at radius 2 is 1.84 bits per heavy atom. The van der Waals surface area contributed by atoms with Crippen molar-refractivity contribution < 1.29 is 17.9 Å². The summed E-state index contributed by atoms with van der Waals surface area (Å²) in [5.41, 5.74) is 3.13. The fraction of sp³-hybridized carbons (Fsp3) is 0.435. The van der Waals surface area contributed by atoms with Crippen LogP contribution in [0.3, 0.4) is 0 Å². The predicted octanol–water partition coefficient (Wildman–Crippen LogP) is 2.94. The van der Waals surface area contributed by atoms with E-state index in [0.29, 0.717) is 37.4 Å². The first kappa shape index (κ1) is 21.6. The molecule has 2 aliphatic rings. The zero-order chi connectivity index (χ0) is 21.8. The molecule has 31 heavy (non-hydrogen) atoms. The minimum Gasteiger partial charge on any atom is -0.495 e. The Kier molecular flexibility index (Phi) is 6.48. The Morgan fingerprint density at radius 3 is 2.61 bits per heavy atom. The molecule has 0 saturated carbocycles. The number of hydrogen-bond donors (Lipinski definition) is 1. The smallest absolute Gasteiger partial charge is 0.240 e. The number of anilines is 2. The summed E-state index contributed by atoms with van der Waals surface area (Å²) in [6, 6.07) is 13.1. The first-order chi connectivity index (χ1) is 15.0. The molecule has 0 aliphatic carbocycles. The van der Waals surface area contributed by atoms with Crippen molar-refractivity contribution in [1.29, 1.82) is 0 Å². The summed E-state index contributed by atoms with van der Waals surface area (Å²) < 4.78 is 33.8. The fourth-order valence-corrected chi connectivity index (χ4v) is 5.45. The number of sulfonamides is 1. The second-order valence-electron chi connectivity index (χ2n) is 7.95. The van der Waals surface area contributed by atoms with Gasteiger partial charge in [0.2, 0.25) is 15.9 Å². The third kappa shape index (κ3) is 4.70. The topological polar surface area (TPSA) is 79.0 Å². The molecule has 0 atom stereocenters. The minimum atomic E-state index is -3.68. The van der Waals surface area contributed by atoms with Crippen LogP contribution in [0.4, 0.5) is 11.4 Å². The third-order valence-electron chi connectivity index (χ3n) is 5.93. The van der Waals surface area contributed by atoms with Crippen LogP contribution in [0, 0.1) is 0 Å². The largest absolute Gasteiger partial charge is 0.495 e. The van der Waals surface area contributed by atoms with Crippen molar-refractivity contribution in [2.24, 2.45) is 0 Å².